The van der Waals surface area contributed by atoms with E-state index in [1.807, 2.05) is 11.4 Å². The van der Waals surface area contributed by atoms with Gasteiger partial charge < -0.3 is 0 Å². The Morgan fingerprint density at radius 1 is 1.33 bits per heavy atom. The number of hydrogen-bond donors (Lipinski definition) is 0. The second-order valence-electron chi connectivity index (χ2n) is 3.27. The number of halogens is 1. The molecule has 2 rings (SSSR count). The molecule has 1 nitrogen and oxygen atoms in total. The number of rotatable bonds is 2. The molecule has 0 unspecified atom stereocenters. The molecule has 1 heterocycles. The van der Waals surface area contributed by atoms with E-state index >= 15 is 0 Å². The van der Waals surface area contributed by atoms with Gasteiger partial charge in [0.05, 0.1) is 4.88 Å². The summed E-state index contributed by atoms with van der Waals surface area (Å²) in [6, 6.07) is 7.83. The fraction of sp³-hybridized carbons (Fsp3) is 0.0833. The number of carbonyl (C=O) groups is 1. The number of carbonyl (C=O) groups excluding carboxylic acids is 1. The minimum absolute atomic E-state index is 0.109. The van der Waals surface area contributed by atoms with Crippen molar-refractivity contribution in [2.75, 3.05) is 0 Å². The Hall–Kier alpha value is -1.48. The highest BCUT2D eigenvalue weighted by Gasteiger charge is 2.13. The summed E-state index contributed by atoms with van der Waals surface area (Å²) < 4.78 is 13.0. The molecule has 2 aromatic rings. The zero-order chi connectivity index (χ0) is 10.8. The van der Waals surface area contributed by atoms with Gasteiger partial charge in [0.15, 0.2) is 0 Å². The summed E-state index contributed by atoms with van der Waals surface area (Å²) in [5.41, 5.74) is 1.24. The first-order valence-electron chi connectivity index (χ1n) is 4.53. The number of benzene rings is 1. The fourth-order valence-electron chi connectivity index (χ4n) is 1.38. The van der Waals surface area contributed by atoms with Crippen molar-refractivity contribution in [2.24, 2.45) is 0 Å². The molecule has 0 saturated carbocycles. The molecule has 0 atom stereocenters. The summed E-state index contributed by atoms with van der Waals surface area (Å²) in [5, 5.41) is 1.84. The van der Waals surface area contributed by atoms with E-state index in [1.165, 1.54) is 23.5 Å². The van der Waals surface area contributed by atoms with Gasteiger partial charge in [0.2, 0.25) is 5.78 Å². The van der Waals surface area contributed by atoms with Crippen LogP contribution in [-0.4, -0.2) is 5.78 Å². The summed E-state index contributed by atoms with van der Waals surface area (Å²) in [4.78, 5) is 12.6. The van der Waals surface area contributed by atoms with Crippen LogP contribution in [0.15, 0.2) is 35.7 Å². The van der Waals surface area contributed by atoms with Crippen molar-refractivity contribution in [3.05, 3.63) is 57.5 Å². The maximum Gasteiger partial charge on any atom is 0.203 e. The van der Waals surface area contributed by atoms with E-state index in [1.54, 1.807) is 19.1 Å². The van der Waals surface area contributed by atoms with Crippen molar-refractivity contribution in [2.45, 2.75) is 6.92 Å². The lowest BCUT2D eigenvalue weighted by Crippen LogP contribution is -2.01. The predicted molar refractivity (Wildman–Crippen MR) is 58.9 cm³/mol. The molecule has 3 heteroatoms. The fourth-order valence-corrected chi connectivity index (χ4v) is 2.06. The Bertz CT molecular complexity index is 488. The molecule has 0 saturated heterocycles. The van der Waals surface area contributed by atoms with Crippen LogP contribution in [-0.2, 0) is 0 Å². The molecular weight excluding hydrogens is 211 g/mol. The Morgan fingerprint density at radius 3 is 2.80 bits per heavy atom. The van der Waals surface area contributed by atoms with Crippen LogP contribution in [0.2, 0.25) is 0 Å². The second-order valence-corrected chi connectivity index (χ2v) is 4.21. The van der Waals surface area contributed by atoms with Crippen LogP contribution in [0.1, 0.15) is 20.8 Å². The third kappa shape index (κ3) is 1.97. The molecule has 1 aromatic carbocycles. The standard InChI is InChI=1S/C12H9FOS/c1-8-4-5-9(13)7-10(8)12(14)11-3-2-6-15-11/h2-7H,1H3. The maximum absolute atomic E-state index is 13.0. The number of thiophene rings is 1. The van der Waals surface area contributed by atoms with Crippen molar-refractivity contribution in [3.63, 3.8) is 0 Å². The van der Waals surface area contributed by atoms with Gasteiger partial charge >= 0.3 is 0 Å². The summed E-state index contributed by atoms with van der Waals surface area (Å²) >= 11 is 1.37. The predicted octanol–water partition coefficient (Wildman–Crippen LogP) is 3.43. The average Bonchev–Trinajstić information content (AvgIpc) is 2.74. The highest BCUT2D eigenvalue weighted by atomic mass is 32.1. The van der Waals surface area contributed by atoms with Crippen molar-refractivity contribution in [3.8, 4) is 0 Å². The first-order valence-corrected chi connectivity index (χ1v) is 5.41. The Balaban J connectivity index is 2.46. The van der Waals surface area contributed by atoms with Gasteiger partial charge in [-0.25, -0.2) is 4.39 Å². The van der Waals surface area contributed by atoms with Crippen molar-refractivity contribution >= 4 is 17.1 Å². The van der Waals surface area contributed by atoms with E-state index in [9.17, 15) is 9.18 Å². The van der Waals surface area contributed by atoms with E-state index in [4.69, 9.17) is 0 Å². The topological polar surface area (TPSA) is 17.1 Å². The normalized spacial score (nSPS) is 10.3. The number of ketones is 1. The lowest BCUT2D eigenvalue weighted by molar-refractivity contribution is 0.104. The molecule has 0 amide bonds. The van der Waals surface area contributed by atoms with Gasteiger partial charge in [-0.2, -0.15) is 0 Å². The van der Waals surface area contributed by atoms with Crippen LogP contribution in [0, 0.1) is 12.7 Å². The lowest BCUT2D eigenvalue weighted by atomic mass is 10.0. The molecule has 0 spiro atoms. The van der Waals surface area contributed by atoms with Crippen LogP contribution in [0.5, 0.6) is 0 Å². The molecule has 0 aliphatic heterocycles. The third-order valence-electron chi connectivity index (χ3n) is 2.19. The molecule has 0 N–H and O–H groups in total. The maximum atomic E-state index is 13.0. The Labute approximate surface area is 91.2 Å². The molecule has 15 heavy (non-hydrogen) atoms. The molecule has 0 fully saturated rings. The van der Waals surface area contributed by atoms with Crippen LogP contribution in [0.4, 0.5) is 4.39 Å². The van der Waals surface area contributed by atoms with Gasteiger partial charge in [-0.15, -0.1) is 11.3 Å². The first kappa shape index (κ1) is 10.1. The highest BCUT2D eigenvalue weighted by Crippen LogP contribution is 2.18. The molecule has 1 aromatic heterocycles. The Kier molecular flexibility index (Phi) is 2.64. The van der Waals surface area contributed by atoms with Gasteiger partial charge in [-0.3, -0.25) is 4.79 Å². The molecule has 0 aliphatic carbocycles. The smallest absolute Gasteiger partial charge is 0.203 e. The van der Waals surface area contributed by atoms with Crippen LogP contribution >= 0.6 is 11.3 Å². The minimum Gasteiger partial charge on any atom is -0.288 e. The quantitative estimate of drug-likeness (QED) is 0.709. The van der Waals surface area contributed by atoms with Gasteiger partial charge in [0.1, 0.15) is 5.82 Å². The summed E-state index contributed by atoms with van der Waals surface area (Å²) in [6.07, 6.45) is 0. The number of hydrogen-bond acceptors (Lipinski definition) is 2. The molecule has 0 bridgehead atoms. The summed E-state index contributed by atoms with van der Waals surface area (Å²) in [5.74, 6) is -0.484. The highest BCUT2D eigenvalue weighted by molar-refractivity contribution is 7.12. The third-order valence-corrected chi connectivity index (χ3v) is 3.06. The molecule has 0 aliphatic rings. The van der Waals surface area contributed by atoms with Crippen molar-refractivity contribution in [1.29, 1.82) is 0 Å². The summed E-state index contributed by atoms with van der Waals surface area (Å²) in [7, 11) is 0. The van der Waals surface area contributed by atoms with Crippen molar-refractivity contribution < 1.29 is 9.18 Å². The molecular formula is C12H9FOS. The van der Waals surface area contributed by atoms with Gasteiger partial charge in [0.25, 0.3) is 0 Å². The monoisotopic (exact) mass is 220 g/mol. The summed E-state index contributed by atoms with van der Waals surface area (Å²) in [6.45, 7) is 1.81. The van der Waals surface area contributed by atoms with E-state index < -0.39 is 0 Å². The van der Waals surface area contributed by atoms with Crippen LogP contribution < -0.4 is 0 Å². The zero-order valence-electron chi connectivity index (χ0n) is 8.16. The molecule has 76 valence electrons. The zero-order valence-corrected chi connectivity index (χ0v) is 8.98. The minimum atomic E-state index is -0.375. The molecule has 0 radical (unpaired) electrons. The van der Waals surface area contributed by atoms with Crippen LogP contribution in [0.25, 0.3) is 0 Å². The second kappa shape index (κ2) is 3.95. The van der Waals surface area contributed by atoms with Crippen LogP contribution in [0.3, 0.4) is 0 Å². The first-order chi connectivity index (χ1) is 7.18. The average molecular weight is 220 g/mol. The largest absolute Gasteiger partial charge is 0.288 e. The number of aryl methyl sites for hydroxylation is 1. The van der Waals surface area contributed by atoms with E-state index in [0.717, 1.165) is 5.56 Å². The van der Waals surface area contributed by atoms with Crippen molar-refractivity contribution in [1.82, 2.24) is 0 Å². The van der Waals surface area contributed by atoms with E-state index in [0.29, 0.717) is 10.4 Å². The van der Waals surface area contributed by atoms with Gasteiger partial charge in [-0.05, 0) is 36.1 Å². The van der Waals surface area contributed by atoms with Gasteiger partial charge in [0, 0.05) is 5.56 Å². The van der Waals surface area contributed by atoms with Gasteiger partial charge in [-0.1, -0.05) is 12.1 Å². The Morgan fingerprint density at radius 2 is 2.13 bits per heavy atom. The SMILES string of the molecule is Cc1ccc(F)cc1C(=O)c1cccs1. The van der Waals surface area contributed by atoms with E-state index in [-0.39, 0.29) is 11.6 Å². The lowest BCUT2D eigenvalue weighted by Gasteiger charge is -2.02. The van der Waals surface area contributed by atoms with E-state index in [2.05, 4.69) is 0 Å².